The molecule has 0 radical (unpaired) electrons. The van der Waals surface area contributed by atoms with Crippen molar-refractivity contribution < 1.29 is 42.1 Å². The normalized spacial score (nSPS) is 13.6. The minimum atomic E-state index is -4.62. The van der Waals surface area contributed by atoms with Gasteiger partial charge in [0.25, 0.3) is 7.82 Å². The van der Waals surface area contributed by atoms with Crippen molar-refractivity contribution in [3.63, 3.8) is 0 Å². The third-order valence-corrected chi connectivity index (χ3v) is 11.5. The fraction of sp³-hybridized carbons (Fsp3) is 0.915. The van der Waals surface area contributed by atoms with Gasteiger partial charge in [0.15, 0.2) is 6.10 Å². The van der Waals surface area contributed by atoms with Crippen LogP contribution in [0, 0.1) is 0 Å². The van der Waals surface area contributed by atoms with Crippen LogP contribution in [0.5, 0.6) is 0 Å². The Labute approximate surface area is 352 Å². The molecular weight excluding hydrogens is 737 g/mol. The first kappa shape index (κ1) is 55.8. The minimum absolute atomic E-state index is 0.0292. The van der Waals surface area contributed by atoms with Crippen molar-refractivity contribution in [2.75, 3.05) is 47.5 Å². The molecule has 0 fully saturated rings. The summed E-state index contributed by atoms with van der Waals surface area (Å²) in [4.78, 5) is 37.6. The van der Waals surface area contributed by atoms with E-state index in [0.29, 0.717) is 17.4 Å². The molecule has 0 aromatic rings. The van der Waals surface area contributed by atoms with Crippen LogP contribution in [-0.4, -0.2) is 70.0 Å². The first-order valence-corrected chi connectivity index (χ1v) is 25.4. The average Bonchev–Trinajstić information content (AvgIpc) is 3.16. The molecule has 0 aromatic carbocycles. The second kappa shape index (κ2) is 40.2. The van der Waals surface area contributed by atoms with Crippen molar-refractivity contribution >= 4 is 19.8 Å². The van der Waals surface area contributed by atoms with Gasteiger partial charge in [-0.2, -0.15) is 0 Å². The molecule has 0 aliphatic heterocycles. The van der Waals surface area contributed by atoms with Crippen LogP contribution in [0.4, 0.5) is 0 Å². The number of carbonyl (C=O) groups excluding carboxylic acids is 2. The third-order valence-electron chi connectivity index (χ3n) is 10.5. The van der Waals surface area contributed by atoms with E-state index in [1.807, 2.05) is 21.1 Å². The molecule has 0 bridgehead atoms. The first-order valence-electron chi connectivity index (χ1n) is 23.9. The minimum Gasteiger partial charge on any atom is -0.756 e. The van der Waals surface area contributed by atoms with Gasteiger partial charge in [-0.05, 0) is 38.5 Å². The molecule has 0 saturated carbocycles. The summed E-state index contributed by atoms with van der Waals surface area (Å²) in [5.74, 6) is -0.832. The van der Waals surface area contributed by atoms with Crippen LogP contribution in [0.3, 0.4) is 0 Å². The van der Waals surface area contributed by atoms with E-state index in [2.05, 4.69) is 26.0 Å². The summed E-state index contributed by atoms with van der Waals surface area (Å²) in [7, 11) is 1.17. The number of hydrogen-bond donors (Lipinski definition) is 0. The van der Waals surface area contributed by atoms with Crippen LogP contribution in [0.15, 0.2) is 12.2 Å². The number of esters is 2. The zero-order valence-electron chi connectivity index (χ0n) is 38.1. The number of phosphoric acid groups is 1. The molecule has 2 atom stereocenters. The number of ether oxygens (including phenoxy) is 2. The molecule has 0 aliphatic carbocycles. The van der Waals surface area contributed by atoms with E-state index in [1.54, 1.807) is 0 Å². The van der Waals surface area contributed by atoms with E-state index in [0.717, 1.165) is 51.4 Å². The highest BCUT2D eigenvalue weighted by Crippen LogP contribution is 2.38. The number of hydrogen-bond acceptors (Lipinski definition) is 8. The number of carbonyl (C=O) groups is 2. The lowest BCUT2D eigenvalue weighted by molar-refractivity contribution is -0.870. The van der Waals surface area contributed by atoms with Gasteiger partial charge in [0.1, 0.15) is 19.8 Å². The Balaban J connectivity index is 4.25. The molecule has 0 N–H and O–H groups in total. The second-order valence-corrected chi connectivity index (χ2v) is 18.9. The third kappa shape index (κ3) is 44.1. The quantitative estimate of drug-likeness (QED) is 0.0196. The van der Waals surface area contributed by atoms with Gasteiger partial charge >= 0.3 is 11.9 Å². The Hall–Kier alpha value is -1.25. The molecule has 9 nitrogen and oxygen atoms in total. The molecule has 1 unspecified atom stereocenters. The van der Waals surface area contributed by atoms with Gasteiger partial charge in [0, 0.05) is 12.8 Å². The van der Waals surface area contributed by atoms with E-state index in [9.17, 15) is 19.0 Å². The molecular formula is C47H92NO8P. The fourth-order valence-electron chi connectivity index (χ4n) is 6.77. The summed E-state index contributed by atoms with van der Waals surface area (Å²) in [6.45, 7) is 4.24. The Kier molecular flexibility index (Phi) is 39.3. The number of phosphoric ester groups is 1. The number of nitrogens with zero attached hydrogens (tertiary/aromatic N) is 1. The van der Waals surface area contributed by atoms with Gasteiger partial charge in [0.05, 0.1) is 27.7 Å². The summed E-state index contributed by atoms with van der Waals surface area (Å²) in [5.41, 5.74) is 0. The molecule has 0 amide bonds. The topological polar surface area (TPSA) is 111 Å². The van der Waals surface area contributed by atoms with Gasteiger partial charge in [-0.25, -0.2) is 0 Å². The van der Waals surface area contributed by atoms with E-state index in [4.69, 9.17) is 18.5 Å². The van der Waals surface area contributed by atoms with Crippen LogP contribution in [-0.2, 0) is 32.7 Å². The zero-order valence-corrected chi connectivity index (χ0v) is 38.9. The molecule has 0 aliphatic rings. The van der Waals surface area contributed by atoms with Crippen molar-refractivity contribution in [1.29, 1.82) is 0 Å². The predicted molar refractivity (Wildman–Crippen MR) is 236 cm³/mol. The maximum Gasteiger partial charge on any atom is 0.306 e. The zero-order chi connectivity index (χ0) is 42.1. The fourth-order valence-corrected chi connectivity index (χ4v) is 7.50. The highest BCUT2D eigenvalue weighted by Gasteiger charge is 2.21. The maximum atomic E-state index is 12.7. The van der Waals surface area contributed by atoms with Crippen LogP contribution in [0.2, 0.25) is 0 Å². The standard InChI is InChI=1S/C47H92NO8P/c1-6-8-10-12-14-16-18-20-22-23-24-25-26-28-29-31-33-35-37-39-46(49)53-43-45(44-55-57(51,52)54-42-41-48(3,4)5)56-47(50)40-38-36-34-32-30-27-21-19-17-15-13-11-9-7-2/h19,21,45H,6-18,20,22-44H2,1-5H3/b21-19+/t45-/m0/s1. The summed E-state index contributed by atoms with van der Waals surface area (Å²) < 4.78 is 34.0. The lowest BCUT2D eigenvalue weighted by Crippen LogP contribution is -2.37. The van der Waals surface area contributed by atoms with E-state index in [1.165, 1.54) is 141 Å². The number of unbranched alkanes of at least 4 members (excludes halogenated alkanes) is 28. The number of likely N-dealkylation sites (N-methyl/N-ethyl adjacent to an activating group) is 1. The lowest BCUT2D eigenvalue weighted by Gasteiger charge is -2.28. The van der Waals surface area contributed by atoms with Crippen molar-refractivity contribution in [3.8, 4) is 0 Å². The SMILES string of the molecule is CCCCCCC/C=C/CCCCCCCC(=O)O[C@@H](COC(=O)CCCCCCCCCCCCCCCCCCCCC)COP(=O)([O-])OCC[N+](C)(C)C. The molecule has 0 heterocycles. The molecule has 0 rings (SSSR count). The smallest absolute Gasteiger partial charge is 0.306 e. The number of rotatable bonds is 44. The van der Waals surface area contributed by atoms with E-state index < -0.39 is 26.5 Å². The molecule has 57 heavy (non-hydrogen) atoms. The van der Waals surface area contributed by atoms with Crippen LogP contribution in [0.25, 0.3) is 0 Å². The molecule has 0 saturated heterocycles. The lowest BCUT2D eigenvalue weighted by atomic mass is 10.0. The maximum absolute atomic E-state index is 12.7. The largest absolute Gasteiger partial charge is 0.756 e. The molecule has 0 spiro atoms. The van der Waals surface area contributed by atoms with E-state index >= 15 is 0 Å². The van der Waals surface area contributed by atoms with Crippen molar-refractivity contribution in [1.82, 2.24) is 0 Å². The Morgan fingerprint density at radius 3 is 1.30 bits per heavy atom. The van der Waals surface area contributed by atoms with Crippen molar-refractivity contribution in [3.05, 3.63) is 12.2 Å². The molecule has 338 valence electrons. The van der Waals surface area contributed by atoms with Crippen LogP contribution >= 0.6 is 7.82 Å². The van der Waals surface area contributed by atoms with Crippen LogP contribution < -0.4 is 4.89 Å². The highest BCUT2D eigenvalue weighted by molar-refractivity contribution is 7.45. The second-order valence-electron chi connectivity index (χ2n) is 17.5. The van der Waals surface area contributed by atoms with Crippen LogP contribution in [0.1, 0.15) is 226 Å². The first-order chi connectivity index (χ1) is 27.5. The average molecular weight is 830 g/mol. The Morgan fingerprint density at radius 2 is 0.895 bits per heavy atom. The summed E-state index contributed by atoms with van der Waals surface area (Å²) >= 11 is 0. The van der Waals surface area contributed by atoms with E-state index in [-0.39, 0.29) is 32.0 Å². The van der Waals surface area contributed by atoms with Crippen molar-refractivity contribution in [2.24, 2.45) is 0 Å². The summed E-state index contributed by atoms with van der Waals surface area (Å²) in [6, 6.07) is 0. The Bertz CT molecular complexity index is 985. The van der Waals surface area contributed by atoms with Gasteiger partial charge in [-0.1, -0.05) is 187 Å². The van der Waals surface area contributed by atoms with Gasteiger partial charge in [-0.15, -0.1) is 0 Å². The van der Waals surface area contributed by atoms with Gasteiger partial charge < -0.3 is 27.9 Å². The summed E-state index contributed by atoms with van der Waals surface area (Å²) in [5, 5.41) is 0. The van der Waals surface area contributed by atoms with Gasteiger partial charge in [0.2, 0.25) is 0 Å². The number of quaternary nitrogens is 1. The predicted octanol–water partition coefficient (Wildman–Crippen LogP) is 13.1. The van der Waals surface area contributed by atoms with Crippen molar-refractivity contribution in [2.45, 2.75) is 232 Å². The summed E-state index contributed by atoms with van der Waals surface area (Å²) in [6.07, 6.45) is 42.4. The highest BCUT2D eigenvalue weighted by atomic mass is 31.2. The molecule has 10 heteroatoms. The monoisotopic (exact) mass is 830 g/mol. The Morgan fingerprint density at radius 1 is 0.526 bits per heavy atom. The number of allylic oxidation sites excluding steroid dienone is 2. The van der Waals surface area contributed by atoms with Gasteiger partial charge in [-0.3, -0.25) is 14.2 Å². The molecule has 0 aromatic heterocycles.